The first-order chi connectivity index (χ1) is 15.2. The fourth-order valence-electron chi connectivity index (χ4n) is 3.51. The maximum absolute atomic E-state index is 12.4. The molecular weight excluding hydrogens is 386 g/mol. The number of methoxy groups -OCH3 is 1. The van der Waals surface area contributed by atoms with E-state index in [9.17, 15) is 4.79 Å². The van der Waals surface area contributed by atoms with E-state index in [-0.39, 0.29) is 5.91 Å². The lowest BCUT2D eigenvalue weighted by molar-refractivity contribution is 0.0954. The molecule has 4 aromatic rings. The predicted molar refractivity (Wildman–Crippen MR) is 124 cm³/mol. The van der Waals surface area contributed by atoms with Crippen LogP contribution in [-0.2, 0) is 13.0 Å². The van der Waals surface area contributed by atoms with Crippen molar-refractivity contribution in [3.63, 3.8) is 0 Å². The molecule has 0 radical (unpaired) electrons. The molecule has 1 aromatic heterocycles. The molecule has 1 amide bonds. The molecule has 0 saturated heterocycles. The molecule has 0 saturated carbocycles. The number of nitrogens with zero attached hydrogens (tertiary/aromatic N) is 2. The minimum atomic E-state index is -0.103. The van der Waals surface area contributed by atoms with E-state index >= 15 is 0 Å². The maximum atomic E-state index is 12.4. The van der Waals surface area contributed by atoms with Crippen molar-refractivity contribution >= 4 is 23.0 Å². The van der Waals surface area contributed by atoms with E-state index in [0.717, 1.165) is 29.2 Å². The highest BCUT2D eigenvalue weighted by Crippen LogP contribution is 2.17. The largest absolute Gasteiger partial charge is 0.497 e. The molecule has 5 nitrogen and oxygen atoms in total. The van der Waals surface area contributed by atoms with Crippen molar-refractivity contribution in [1.82, 2.24) is 14.9 Å². The molecule has 3 aromatic carbocycles. The number of para-hydroxylation sites is 2. The first kappa shape index (κ1) is 20.4. The third kappa shape index (κ3) is 5.01. The van der Waals surface area contributed by atoms with Crippen LogP contribution >= 0.6 is 0 Å². The fourth-order valence-corrected chi connectivity index (χ4v) is 3.51. The topological polar surface area (TPSA) is 56.1 Å². The zero-order valence-electron chi connectivity index (χ0n) is 17.5. The van der Waals surface area contributed by atoms with Crippen LogP contribution in [0.25, 0.3) is 17.1 Å². The summed E-state index contributed by atoms with van der Waals surface area (Å²) in [5.41, 5.74) is 3.84. The Bertz CT molecular complexity index is 1180. The van der Waals surface area contributed by atoms with Gasteiger partial charge in [0.15, 0.2) is 0 Å². The molecule has 31 heavy (non-hydrogen) atoms. The van der Waals surface area contributed by atoms with E-state index in [1.807, 2.05) is 36.4 Å². The molecule has 0 aliphatic heterocycles. The second-order valence-corrected chi connectivity index (χ2v) is 7.17. The SMILES string of the molecule is COc1ccc(C(=O)NCCc2nc3ccccc3n2C/C=C/c2ccccc2)cc1. The molecule has 0 fully saturated rings. The number of carbonyl (C=O) groups is 1. The normalized spacial score (nSPS) is 11.1. The van der Waals surface area contributed by atoms with Crippen LogP contribution in [0.15, 0.2) is 84.9 Å². The highest BCUT2D eigenvalue weighted by molar-refractivity contribution is 5.94. The second-order valence-electron chi connectivity index (χ2n) is 7.17. The number of ether oxygens (including phenoxy) is 1. The number of aromatic nitrogens is 2. The maximum Gasteiger partial charge on any atom is 0.251 e. The van der Waals surface area contributed by atoms with Crippen LogP contribution in [0.5, 0.6) is 5.75 Å². The Balaban J connectivity index is 1.44. The van der Waals surface area contributed by atoms with E-state index in [2.05, 4.69) is 40.2 Å². The Morgan fingerprint density at radius 3 is 2.52 bits per heavy atom. The number of imidazole rings is 1. The number of rotatable bonds is 8. The molecule has 0 unspecified atom stereocenters. The molecule has 1 N–H and O–H groups in total. The van der Waals surface area contributed by atoms with Crippen LogP contribution in [0.2, 0.25) is 0 Å². The number of nitrogens with one attached hydrogen (secondary N) is 1. The van der Waals surface area contributed by atoms with Crippen molar-refractivity contribution in [3.8, 4) is 5.75 Å². The van der Waals surface area contributed by atoms with Crippen molar-refractivity contribution < 1.29 is 9.53 Å². The number of fused-ring (bicyclic) bond motifs is 1. The van der Waals surface area contributed by atoms with Gasteiger partial charge < -0.3 is 14.6 Å². The number of hydrogen-bond donors (Lipinski definition) is 1. The minimum Gasteiger partial charge on any atom is -0.497 e. The van der Waals surface area contributed by atoms with Crippen LogP contribution < -0.4 is 10.1 Å². The van der Waals surface area contributed by atoms with Crippen LogP contribution in [0.4, 0.5) is 0 Å². The molecule has 4 rings (SSSR count). The van der Waals surface area contributed by atoms with Gasteiger partial charge in [0.1, 0.15) is 11.6 Å². The quantitative estimate of drug-likeness (QED) is 0.456. The van der Waals surface area contributed by atoms with Gasteiger partial charge >= 0.3 is 0 Å². The molecule has 0 bridgehead atoms. The van der Waals surface area contributed by atoms with Crippen molar-refractivity contribution in [3.05, 3.63) is 102 Å². The summed E-state index contributed by atoms with van der Waals surface area (Å²) in [6.45, 7) is 1.23. The summed E-state index contributed by atoms with van der Waals surface area (Å²) in [6.07, 6.45) is 4.91. The first-order valence-electron chi connectivity index (χ1n) is 10.3. The average Bonchev–Trinajstić information content (AvgIpc) is 3.17. The van der Waals surface area contributed by atoms with E-state index < -0.39 is 0 Å². The van der Waals surface area contributed by atoms with Crippen LogP contribution in [0.3, 0.4) is 0 Å². The monoisotopic (exact) mass is 411 g/mol. The van der Waals surface area contributed by atoms with Gasteiger partial charge in [-0.05, 0) is 42.0 Å². The first-order valence-corrected chi connectivity index (χ1v) is 10.3. The van der Waals surface area contributed by atoms with Gasteiger partial charge in [0.25, 0.3) is 5.91 Å². The van der Waals surface area contributed by atoms with Gasteiger partial charge in [-0.1, -0.05) is 54.6 Å². The number of amides is 1. The summed E-state index contributed by atoms with van der Waals surface area (Å²) in [5.74, 6) is 1.58. The number of hydrogen-bond acceptors (Lipinski definition) is 3. The average molecular weight is 412 g/mol. The standard InChI is InChI=1S/C26H25N3O2/c1-31-22-15-13-21(14-16-22)26(30)27-18-17-25-28-23-11-5-6-12-24(23)29(25)19-7-10-20-8-3-2-4-9-20/h2-16H,17-19H2,1H3,(H,27,30)/b10-7+. The molecule has 156 valence electrons. The third-order valence-corrected chi connectivity index (χ3v) is 5.12. The van der Waals surface area contributed by atoms with Gasteiger partial charge in [0, 0.05) is 25.1 Å². The Hall–Kier alpha value is -3.86. The Labute approximate surface area is 182 Å². The lowest BCUT2D eigenvalue weighted by atomic mass is 10.2. The molecule has 0 atom stereocenters. The molecule has 1 heterocycles. The van der Waals surface area contributed by atoms with E-state index in [1.165, 1.54) is 5.56 Å². The van der Waals surface area contributed by atoms with E-state index in [4.69, 9.17) is 9.72 Å². The Morgan fingerprint density at radius 2 is 1.74 bits per heavy atom. The van der Waals surface area contributed by atoms with Gasteiger partial charge in [-0.3, -0.25) is 4.79 Å². The zero-order chi connectivity index (χ0) is 21.5. The van der Waals surface area contributed by atoms with Gasteiger partial charge in [0.05, 0.1) is 18.1 Å². The zero-order valence-corrected chi connectivity index (χ0v) is 17.5. The van der Waals surface area contributed by atoms with Crippen molar-refractivity contribution in [2.75, 3.05) is 13.7 Å². The van der Waals surface area contributed by atoms with Crippen LogP contribution in [0, 0.1) is 0 Å². The van der Waals surface area contributed by atoms with Gasteiger partial charge in [0.2, 0.25) is 0 Å². The van der Waals surface area contributed by atoms with Crippen LogP contribution in [0.1, 0.15) is 21.7 Å². The summed E-state index contributed by atoms with van der Waals surface area (Å²) >= 11 is 0. The minimum absolute atomic E-state index is 0.103. The summed E-state index contributed by atoms with van der Waals surface area (Å²) in [4.78, 5) is 17.2. The summed E-state index contributed by atoms with van der Waals surface area (Å²) in [6, 6.07) is 25.5. The molecule has 0 aliphatic carbocycles. The Kier molecular flexibility index (Phi) is 6.43. The summed E-state index contributed by atoms with van der Waals surface area (Å²) < 4.78 is 7.34. The lowest BCUT2D eigenvalue weighted by Crippen LogP contribution is -2.26. The number of benzene rings is 3. The second kappa shape index (κ2) is 9.76. The Morgan fingerprint density at radius 1 is 1.00 bits per heavy atom. The van der Waals surface area contributed by atoms with E-state index in [0.29, 0.717) is 18.5 Å². The van der Waals surface area contributed by atoms with E-state index in [1.54, 1.807) is 31.4 Å². The van der Waals surface area contributed by atoms with Gasteiger partial charge in [-0.25, -0.2) is 4.98 Å². The number of allylic oxidation sites excluding steroid dienone is 1. The lowest BCUT2D eigenvalue weighted by Gasteiger charge is -2.08. The predicted octanol–water partition coefficient (Wildman–Crippen LogP) is 4.73. The number of carbonyl (C=O) groups excluding carboxylic acids is 1. The van der Waals surface area contributed by atoms with Gasteiger partial charge in [-0.15, -0.1) is 0 Å². The van der Waals surface area contributed by atoms with Gasteiger partial charge in [-0.2, -0.15) is 0 Å². The fraction of sp³-hybridized carbons (Fsp3) is 0.154. The smallest absolute Gasteiger partial charge is 0.251 e. The molecular formula is C26H25N3O2. The van der Waals surface area contributed by atoms with Crippen LogP contribution in [-0.4, -0.2) is 29.1 Å². The highest BCUT2D eigenvalue weighted by atomic mass is 16.5. The molecule has 0 spiro atoms. The third-order valence-electron chi connectivity index (χ3n) is 5.12. The molecule has 5 heteroatoms. The highest BCUT2D eigenvalue weighted by Gasteiger charge is 2.11. The molecule has 0 aliphatic rings. The summed E-state index contributed by atoms with van der Waals surface area (Å²) in [7, 11) is 1.61. The van der Waals surface area contributed by atoms with Crippen molar-refractivity contribution in [2.24, 2.45) is 0 Å². The van der Waals surface area contributed by atoms with Crippen molar-refractivity contribution in [2.45, 2.75) is 13.0 Å². The van der Waals surface area contributed by atoms with Crippen molar-refractivity contribution in [1.29, 1.82) is 0 Å². The summed E-state index contributed by atoms with van der Waals surface area (Å²) in [5, 5.41) is 2.99.